The molecular formula is C28H31FN6O5S. The number of ether oxygens (including phenoxy) is 2. The van der Waals surface area contributed by atoms with Gasteiger partial charge in [-0.2, -0.15) is 10.4 Å². The highest BCUT2D eigenvalue weighted by molar-refractivity contribution is 7.21. The summed E-state index contributed by atoms with van der Waals surface area (Å²) in [6.45, 7) is 5.32. The average Bonchev–Trinajstić information content (AvgIpc) is 3.61. The summed E-state index contributed by atoms with van der Waals surface area (Å²) < 4.78 is 29.8. The molecule has 0 bridgehead atoms. The van der Waals surface area contributed by atoms with Crippen molar-refractivity contribution in [1.29, 1.82) is 5.26 Å². The first-order chi connectivity index (χ1) is 19.6. The maximum Gasteiger partial charge on any atom is 0.332 e. The molecule has 0 N–H and O–H groups in total. The number of nitrogens with zero attached hydrogens (tertiary/aromatic N) is 6. The second-order valence-electron chi connectivity index (χ2n) is 9.41. The number of aryl methyl sites for hydroxylation is 1. The van der Waals surface area contributed by atoms with E-state index in [1.807, 2.05) is 6.07 Å². The number of thiophene rings is 1. The summed E-state index contributed by atoms with van der Waals surface area (Å²) in [4.78, 5) is 42.9. The van der Waals surface area contributed by atoms with Crippen molar-refractivity contribution in [3.05, 3.63) is 74.4 Å². The Bertz CT molecular complexity index is 1720. The Labute approximate surface area is 239 Å². The van der Waals surface area contributed by atoms with Gasteiger partial charge in [0.1, 0.15) is 33.5 Å². The second kappa shape index (κ2) is 12.5. The van der Waals surface area contributed by atoms with E-state index in [4.69, 9.17) is 14.7 Å². The molecule has 0 aliphatic rings. The number of rotatable bonds is 11. The van der Waals surface area contributed by atoms with Crippen LogP contribution in [-0.2, 0) is 16.1 Å². The smallest absolute Gasteiger partial charge is 0.332 e. The van der Waals surface area contributed by atoms with E-state index in [0.717, 1.165) is 4.57 Å². The molecule has 0 saturated carbocycles. The first-order valence-electron chi connectivity index (χ1n) is 13.0. The molecule has 3 aromatic heterocycles. The highest BCUT2D eigenvalue weighted by atomic mass is 32.1. The fourth-order valence-corrected chi connectivity index (χ4v) is 5.90. The lowest BCUT2D eigenvalue weighted by Crippen LogP contribution is -2.46. The number of aromatic nitrogens is 4. The van der Waals surface area contributed by atoms with Gasteiger partial charge in [-0.1, -0.05) is 11.3 Å². The van der Waals surface area contributed by atoms with E-state index >= 15 is 0 Å². The van der Waals surface area contributed by atoms with Gasteiger partial charge >= 0.3 is 5.69 Å². The molecule has 0 aliphatic carbocycles. The third-order valence-electron chi connectivity index (χ3n) is 6.95. The molecule has 0 aliphatic heterocycles. The van der Waals surface area contributed by atoms with Gasteiger partial charge in [-0.3, -0.25) is 14.2 Å². The van der Waals surface area contributed by atoms with Gasteiger partial charge in [0.2, 0.25) is 5.91 Å². The molecular weight excluding hydrogens is 551 g/mol. The predicted octanol–water partition coefficient (Wildman–Crippen LogP) is 3.58. The van der Waals surface area contributed by atoms with Gasteiger partial charge in [0, 0.05) is 37.1 Å². The van der Waals surface area contributed by atoms with Gasteiger partial charge in [0.25, 0.3) is 5.56 Å². The van der Waals surface area contributed by atoms with Crippen LogP contribution in [0.5, 0.6) is 5.75 Å². The minimum absolute atomic E-state index is 0.0105. The van der Waals surface area contributed by atoms with Crippen LogP contribution in [0.2, 0.25) is 0 Å². The molecule has 0 fully saturated rings. The van der Waals surface area contributed by atoms with Crippen molar-refractivity contribution < 1.29 is 18.7 Å². The second-order valence-corrected chi connectivity index (χ2v) is 10.4. The zero-order valence-corrected chi connectivity index (χ0v) is 24.3. The number of benzene rings is 1. The third-order valence-corrected chi connectivity index (χ3v) is 8.25. The average molecular weight is 583 g/mol. The van der Waals surface area contributed by atoms with Gasteiger partial charge in [-0.25, -0.2) is 18.4 Å². The molecule has 1 amide bonds. The van der Waals surface area contributed by atoms with Crippen LogP contribution in [0.3, 0.4) is 0 Å². The standard InChI is InChI=1S/C28H31FN6O5S/c1-6-32(4)24(36)18(3)35-25(37)23-17(2)26(34-13-8-12-31-34)41-27(23)33(28(35)38)16-22(40-14-7-11-30)20-15-19(29)9-10-21(20)39-5/h8-10,12-13,15,18,22H,6-7,14,16H2,1-5H3/t18-,22-/m0/s1. The van der Waals surface area contributed by atoms with Gasteiger partial charge in [0.05, 0.1) is 38.1 Å². The van der Waals surface area contributed by atoms with Crippen molar-refractivity contribution in [1.82, 2.24) is 23.8 Å². The fraction of sp³-hybridized carbons (Fsp3) is 0.393. The number of carbonyl (C=O) groups is 1. The van der Waals surface area contributed by atoms with Crippen molar-refractivity contribution in [2.24, 2.45) is 0 Å². The van der Waals surface area contributed by atoms with E-state index < -0.39 is 35.1 Å². The largest absolute Gasteiger partial charge is 0.496 e. The molecule has 1 aromatic carbocycles. The molecule has 0 spiro atoms. The molecule has 0 saturated heterocycles. The van der Waals surface area contributed by atoms with E-state index in [0.29, 0.717) is 33.3 Å². The Morgan fingerprint density at radius 1 is 1.32 bits per heavy atom. The molecule has 41 heavy (non-hydrogen) atoms. The molecule has 4 aromatic rings. The lowest BCUT2D eigenvalue weighted by molar-refractivity contribution is -0.132. The van der Waals surface area contributed by atoms with Crippen molar-refractivity contribution >= 4 is 27.5 Å². The van der Waals surface area contributed by atoms with E-state index in [1.54, 1.807) is 44.0 Å². The van der Waals surface area contributed by atoms with Crippen molar-refractivity contribution in [2.45, 2.75) is 45.9 Å². The van der Waals surface area contributed by atoms with Crippen LogP contribution in [0.1, 0.15) is 43.5 Å². The SMILES string of the molecule is CCN(C)C(=O)[C@H](C)n1c(=O)c2c(C)c(-n3cccn3)sc2n(C[C@H](OCCC#N)c2cc(F)ccc2OC)c1=O. The monoisotopic (exact) mass is 582 g/mol. The van der Waals surface area contributed by atoms with Crippen LogP contribution in [0.4, 0.5) is 4.39 Å². The summed E-state index contributed by atoms with van der Waals surface area (Å²) >= 11 is 1.20. The van der Waals surface area contributed by atoms with Gasteiger partial charge in [-0.15, -0.1) is 0 Å². The van der Waals surface area contributed by atoms with Crippen molar-refractivity contribution in [3.63, 3.8) is 0 Å². The zero-order valence-electron chi connectivity index (χ0n) is 23.5. The van der Waals surface area contributed by atoms with E-state index in [9.17, 15) is 18.8 Å². The molecule has 0 radical (unpaired) electrons. The Hall–Kier alpha value is -4.28. The molecule has 2 atom stereocenters. The fourth-order valence-electron chi connectivity index (χ4n) is 4.66. The minimum Gasteiger partial charge on any atom is -0.496 e. The predicted molar refractivity (Wildman–Crippen MR) is 152 cm³/mol. The normalized spacial score (nSPS) is 12.7. The molecule has 0 unspecified atom stereocenters. The lowest BCUT2D eigenvalue weighted by Gasteiger charge is -2.24. The number of methoxy groups -OCH3 is 1. The summed E-state index contributed by atoms with van der Waals surface area (Å²) in [7, 11) is 3.03. The molecule has 13 heteroatoms. The van der Waals surface area contributed by atoms with E-state index in [2.05, 4.69) is 5.10 Å². The maximum atomic E-state index is 14.4. The third kappa shape index (κ3) is 5.66. The number of halogens is 1. The molecule has 11 nitrogen and oxygen atoms in total. The van der Waals surface area contributed by atoms with Crippen molar-refractivity contribution in [3.8, 4) is 16.8 Å². The lowest BCUT2D eigenvalue weighted by atomic mass is 10.1. The minimum atomic E-state index is -1.09. The zero-order chi connectivity index (χ0) is 29.8. The Morgan fingerprint density at radius 2 is 2.07 bits per heavy atom. The number of likely N-dealkylation sites (N-methyl/N-ethyl adjacent to an activating group) is 1. The quantitative estimate of drug-likeness (QED) is 0.248. The van der Waals surface area contributed by atoms with Gasteiger partial charge < -0.3 is 14.4 Å². The first kappa shape index (κ1) is 29.7. The topological polar surface area (TPSA) is 124 Å². The number of carbonyl (C=O) groups excluding carboxylic acids is 1. The number of hydrogen-bond donors (Lipinski definition) is 0. The number of amides is 1. The summed E-state index contributed by atoms with van der Waals surface area (Å²) in [5.41, 5.74) is -0.386. The van der Waals surface area contributed by atoms with Crippen LogP contribution >= 0.6 is 11.3 Å². The molecule has 4 rings (SSSR count). The van der Waals surface area contributed by atoms with Gasteiger partial charge in [0.15, 0.2) is 0 Å². The van der Waals surface area contributed by atoms with Crippen LogP contribution < -0.4 is 16.0 Å². The van der Waals surface area contributed by atoms with Gasteiger partial charge in [-0.05, 0) is 45.0 Å². The van der Waals surface area contributed by atoms with Crippen molar-refractivity contribution in [2.75, 3.05) is 27.3 Å². The van der Waals surface area contributed by atoms with Crippen LogP contribution in [0, 0.1) is 24.1 Å². The molecule has 216 valence electrons. The number of nitriles is 1. The maximum absolute atomic E-state index is 14.4. The summed E-state index contributed by atoms with van der Waals surface area (Å²) in [5.74, 6) is -0.600. The summed E-state index contributed by atoms with van der Waals surface area (Å²) in [6.07, 6.45) is 2.47. The van der Waals surface area contributed by atoms with Crippen LogP contribution in [-0.4, -0.2) is 57.0 Å². The highest BCUT2D eigenvalue weighted by Gasteiger charge is 2.29. The van der Waals surface area contributed by atoms with E-state index in [1.165, 1.54) is 53.0 Å². The van der Waals surface area contributed by atoms with E-state index in [-0.39, 0.29) is 25.0 Å². The first-order valence-corrected chi connectivity index (χ1v) is 13.8. The Morgan fingerprint density at radius 3 is 2.71 bits per heavy atom. The highest BCUT2D eigenvalue weighted by Crippen LogP contribution is 2.34. The number of hydrogen-bond acceptors (Lipinski definition) is 8. The molecule has 3 heterocycles. The van der Waals surface area contributed by atoms with Crippen LogP contribution in [0.25, 0.3) is 15.2 Å². The summed E-state index contributed by atoms with van der Waals surface area (Å²) in [5, 5.41) is 14.3. The van der Waals surface area contributed by atoms with Crippen LogP contribution in [0.15, 0.2) is 46.2 Å². The Balaban J connectivity index is 2.00. The number of fused-ring (bicyclic) bond motifs is 1. The Kier molecular flexibility index (Phi) is 9.05. The summed E-state index contributed by atoms with van der Waals surface area (Å²) in [6, 6.07) is 6.62.